The van der Waals surface area contributed by atoms with Crippen LogP contribution in [-0.2, 0) is 17.4 Å². The van der Waals surface area contributed by atoms with Crippen LogP contribution in [0.25, 0.3) is 0 Å². The van der Waals surface area contributed by atoms with Crippen molar-refractivity contribution in [2.24, 2.45) is 0 Å². The average Bonchev–Trinajstić information content (AvgIpc) is 2.17. The van der Waals surface area contributed by atoms with Crippen LogP contribution in [0.4, 0.5) is 13.2 Å². The molecule has 0 atom stereocenters. The number of aromatic nitrogens is 2. The van der Waals surface area contributed by atoms with Crippen molar-refractivity contribution in [2.45, 2.75) is 25.4 Å². The van der Waals surface area contributed by atoms with Crippen molar-refractivity contribution >= 4 is 6.29 Å². The summed E-state index contributed by atoms with van der Waals surface area (Å²) in [5.74, 6) is 0.117. The molecule has 0 N–H and O–H groups in total. The molecule has 3 nitrogen and oxygen atoms in total. The Hall–Kier alpha value is -1.46. The molecule has 82 valence electrons. The number of carbonyl (C=O) groups is 1. The number of rotatable bonds is 4. The average molecular weight is 218 g/mol. The van der Waals surface area contributed by atoms with E-state index in [9.17, 15) is 18.0 Å². The fourth-order valence-corrected chi connectivity index (χ4v) is 1.02. The molecule has 0 aliphatic carbocycles. The maximum Gasteiger partial charge on any atom is 0.433 e. The van der Waals surface area contributed by atoms with E-state index in [2.05, 4.69) is 9.97 Å². The molecule has 0 spiro atoms. The highest BCUT2D eigenvalue weighted by molar-refractivity contribution is 5.49. The highest BCUT2D eigenvalue weighted by Crippen LogP contribution is 2.26. The Morgan fingerprint density at radius 1 is 1.40 bits per heavy atom. The van der Waals surface area contributed by atoms with E-state index >= 15 is 0 Å². The van der Waals surface area contributed by atoms with Crippen molar-refractivity contribution in [2.75, 3.05) is 0 Å². The minimum Gasteiger partial charge on any atom is -0.303 e. The molecule has 0 aliphatic rings. The zero-order chi connectivity index (χ0) is 11.3. The predicted octanol–water partition coefficient (Wildman–Crippen LogP) is 2.02. The van der Waals surface area contributed by atoms with Gasteiger partial charge in [0.15, 0.2) is 0 Å². The highest BCUT2D eigenvalue weighted by Gasteiger charge is 2.32. The number of aryl methyl sites for hydroxylation is 1. The minimum atomic E-state index is -4.44. The van der Waals surface area contributed by atoms with Gasteiger partial charge in [0, 0.05) is 19.0 Å². The number of hydrogen-bond donors (Lipinski definition) is 0. The number of aldehydes is 1. The molecule has 0 aromatic carbocycles. The van der Waals surface area contributed by atoms with Crippen LogP contribution < -0.4 is 0 Å². The lowest BCUT2D eigenvalue weighted by Crippen LogP contribution is -2.10. The number of nitrogens with zero attached hydrogens (tertiary/aromatic N) is 2. The Kier molecular flexibility index (Phi) is 3.76. The number of hydrogen-bond acceptors (Lipinski definition) is 3. The fourth-order valence-electron chi connectivity index (χ4n) is 1.02. The van der Waals surface area contributed by atoms with Crippen LogP contribution in [0.15, 0.2) is 12.3 Å². The van der Waals surface area contributed by atoms with Crippen molar-refractivity contribution < 1.29 is 18.0 Å². The number of alkyl halides is 3. The van der Waals surface area contributed by atoms with Gasteiger partial charge in [-0.1, -0.05) is 0 Å². The van der Waals surface area contributed by atoms with Crippen LogP contribution in [0.5, 0.6) is 0 Å². The van der Waals surface area contributed by atoms with E-state index in [0.29, 0.717) is 19.1 Å². The van der Waals surface area contributed by atoms with Crippen molar-refractivity contribution in [1.82, 2.24) is 9.97 Å². The molecule has 0 saturated carbocycles. The first kappa shape index (κ1) is 11.6. The monoisotopic (exact) mass is 218 g/mol. The molecule has 1 rings (SSSR count). The van der Waals surface area contributed by atoms with Crippen LogP contribution in [0.1, 0.15) is 24.4 Å². The van der Waals surface area contributed by atoms with Gasteiger partial charge < -0.3 is 4.79 Å². The topological polar surface area (TPSA) is 42.9 Å². The summed E-state index contributed by atoms with van der Waals surface area (Å²) >= 11 is 0. The van der Waals surface area contributed by atoms with Crippen LogP contribution in [0.2, 0.25) is 0 Å². The SMILES string of the molecule is O=CCCCc1nccc(C(F)(F)F)n1. The number of carbonyl (C=O) groups excluding carboxylic acids is 1. The first-order chi connectivity index (χ1) is 7.04. The van der Waals surface area contributed by atoms with Crippen molar-refractivity contribution in [3.8, 4) is 0 Å². The van der Waals surface area contributed by atoms with E-state index in [1.165, 1.54) is 0 Å². The fraction of sp³-hybridized carbons (Fsp3) is 0.444. The Balaban J connectivity index is 2.70. The number of halogens is 3. The van der Waals surface area contributed by atoms with E-state index in [-0.39, 0.29) is 12.2 Å². The van der Waals surface area contributed by atoms with E-state index < -0.39 is 11.9 Å². The van der Waals surface area contributed by atoms with Gasteiger partial charge in [-0.25, -0.2) is 9.97 Å². The van der Waals surface area contributed by atoms with E-state index in [0.717, 1.165) is 12.3 Å². The second-order valence-corrected chi connectivity index (χ2v) is 2.91. The van der Waals surface area contributed by atoms with Crippen LogP contribution in [0.3, 0.4) is 0 Å². The van der Waals surface area contributed by atoms with Gasteiger partial charge in [-0.05, 0) is 12.5 Å². The molecule has 6 heteroatoms. The smallest absolute Gasteiger partial charge is 0.303 e. The summed E-state index contributed by atoms with van der Waals surface area (Å²) in [5, 5.41) is 0. The molecular weight excluding hydrogens is 209 g/mol. The molecule has 0 saturated heterocycles. The maximum absolute atomic E-state index is 12.2. The van der Waals surface area contributed by atoms with Crippen LogP contribution >= 0.6 is 0 Å². The molecule has 0 unspecified atom stereocenters. The van der Waals surface area contributed by atoms with Gasteiger partial charge in [0.2, 0.25) is 0 Å². The third-order valence-corrected chi connectivity index (χ3v) is 1.72. The van der Waals surface area contributed by atoms with Crippen molar-refractivity contribution in [3.63, 3.8) is 0 Å². The van der Waals surface area contributed by atoms with Crippen LogP contribution in [0, 0.1) is 0 Å². The largest absolute Gasteiger partial charge is 0.433 e. The molecule has 1 heterocycles. The van der Waals surface area contributed by atoms with Gasteiger partial charge in [0.05, 0.1) is 0 Å². The van der Waals surface area contributed by atoms with E-state index in [1.54, 1.807) is 0 Å². The summed E-state index contributed by atoms with van der Waals surface area (Å²) in [6, 6.07) is 0.823. The lowest BCUT2D eigenvalue weighted by molar-refractivity contribution is -0.141. The quantitative estimate of drug-likeness (QED) is 0.573. The summed E-state index contributed by atoms with van der Waals surface area (Å²) in [6.07, 6.45) is -1.60. The van der Waals surface area contributed by atoms with Crippen molar-refractivity contribution in [3.05, 3.63) is 23.8 Å². The van der Waals surface area contributed by atoms with Gasteiger partial charge in [-0.3, -0.25) is 0 Å². The molecule has 0 radical (unpaired) electrons. The highest BCUT2D eigenvalue weighted by atomic mass is 19.4. The summed E-state index contributed by atoms with van der Waals surface area (Å²) < 4.78 is 36.6. The number of unbranched alkanes of at least 4 members (excludes halogenated alkanes) is 1. The van der Waals surface area contributed by atoms with E-state index in [1.807, 2.05) is 0 Å². The summed E-state index contributed by atoms with van der Waals surface area (Å²) in [4.78, 5) is 17.1. The van der Waals surface area contributed by atoms with Crippen molar-refractivity contribution in [1.29, 1.82) is 0 Å². The lowest BCUT2D eigenvalue weighted by Gasteiger charge is -2.06. The zero-order valence-corrected chi connectivity index (χ0v) is 7.79. The Labute approximate surface area is 84.4 Å². The van der Waals surface area contributed by atoms with Gasteiger partial charge >= 0.3 is 6.18 Å². The third-order valence-electron chi connectivity index (χ3n) is 1.72. The van der Waals surface area contributed by atoms with Gasteiger partial charge in [0.1, 0.15) is 17.8 Å². The lowest BCUT2D eigenvalue weighted by atomic mass is 10.2. The molecule has 0 aliphatic heterocycles. The molecule has 1 aromatic heterocycles. The molecule has 0 amide bonds. The molecule has 0 bridgehead atoms. The molecule has 1 aromatic rings. The first-order valence-corrected chi connectivity index (χ1v) is 4.37. The molecule has 0 fully saturated rings. The maximum atomic E-state index is 12.2. The second kappa shape index (κ2) is 4.86. The normalized spacial score (nSPS) is 11.4. The van der Waals surface area contributed by atoms with Gasteiger partial charge in [-0.2, -0.15) is 13.2 Å². The van der Waals surface area contributed by atoms with Gasteiger partial charge in [-0.15, -0.1) is 0 Å². The summed E-state index contributed by atoms with van der Waals surface area (Å²) in [6.45, 7) is 0. The standard InChI is InChI=1S/C9H9F3N2O/c10-9(11,12)7-4-5-13-8(14-7)3-1-2-6-15/h4-6H,1-3H2. The third kappa shape index (κ3) is 3.65. The predicted molar refractivity (Wildman–Crippen MR) is 46.0 cm³/mol. The Bertz CT molecular complexity index is 338. The Morgan fingerprint density at radius 3 is 2.73 bits per heavy atom. The minimum absolute atomic E-state index is 0.117. The Morgan fingerprint density at radius 2 is 2.13 bits per heavy atom. The summed E-state index contributed by atoms with van der Waals surface area (Å²) in [7, 11) is 0. The second-order valence-electron chi connectivity index (χ2n) is 2.91. The van der Waals surface area contributed by atoms with Crippen LogP contribution in [-0.4, -0.2) is 16.3 Å². The summed E-state index contributed by atoms with van der Waals surface area (Å²) in [5.41, 5.74) is -0.946. The molecular formula is C9H9F3N2O. The van der Waals surface area contributed by atoms with Gasteiger partial charge in [0.25, 0.3) is 0 Å². The zero-order valence-electron chi connectivity index (χ0n) is 7.79. The molecule has 15 heavy (non-hydrogen) atoms. The van der Waals surface area contributed by atoms with E-state index in [4.69, 9.17) is 0 Å². The first-order valence-electron chi connectivity index (χ1n) is 4.37.